The molecule has 1 aliphatic rings. The molecule has 1 aromatic carbocycles. The summed E-state index contributed by atoms with van der Waals surface area (Å²) in [5.74, 6) is -2.80. The van der Waals surface area contributed by atoms with Crippen LogP contribution in [0.3, 0.4) is 0 Å². The van der Waals surface area contributed by atoms with Crippen LogP contribution in [0.2, 0.25) is 0 Å². The van der Waals surface area contributed by atoms with Gasteiger partial charge in [-0.3, -0.25) is 4.79 Å². The molecule has 0 spiro atoms. The Hall–Kier alpha value is -2.28. The molecule has 3 rings (SSSR count). The van der Waals surface area contributed by atoms with Crippen LogP contribution >= 0.6 is 11.3 Å². The van der Waals surface area contributed by atoms with Gasteiger partial charge in [0.1, 0.15) is 16.6 Å². The molecule has 0 aliphatic heterocycles. The summed E-state index contributed by atoms with van der Waals surface area (Å²) in [6, 6.07) is 2.62. The van der Waals surface area contributed by atoms with Gasteiger partial charge in [0.25, 0.3) is 5.91 Å². The number of hydrogen-bond donors (Lipinski definition) is 1. The first-order valence-corrected chi connectivity index (χ1v) is 9.40. The van der Waals surface area contributed by atoms with Crippen molar-refractivity contribution in [1.29, 1.82) is 0 Å². The summed E-state index contributed by atoms with van der Waals surface area (Å²) in [5.41, 5.74) is 1.16. The molecule has 0 saturated heterocycles. The average Bonchev–Trinajstić information content (AvgIpc) is 2.75. The Kier molecular flexibility index (Phi) is 5.66. The van der Waals surface area contributed by atoms with Crippen LogP contribution in [0.4, 0.5) is 13.8 Å². The number of amides is 1. The van der Waals surface area contributed by atoms with E-state index in [0.29, 0.717) is 16.6 Å². The Labute approximate surface area is 154 Å². The topological polar surface area (TPSA) is 55.4 Å². The van der Waals surface area contributed by atoms with E-state index in [9.17, 15) is 18.4 Å². The van der Waals surface area contributed by atoms with Crippen molar-refractivity contribution in [2.45, 2.75) is 39.0 Å². The van der Waals surface area contributed by atoms with E-state index in [1.807, 2.05) is 0 Å². The third-order valence-electron chi connectivity index (χ3n) is 4.25. The minimum atomic E-state index is -0.831. The highest BCUT2D eigenvalue weighted by Crippen LogP contribution is 2.38. The summed E-state index contributed by atoms with van der Waals surface area (Å²) in [6.45, 7) is 1.95. The lowest BCUT2D eigenvalue weighted by Gasteiger charge is -2.09. The molecule has 138 valence electrons. The van der Waals surface area contributed by atoms with Crippen LogP contribution in [0.5, 0.6) is 0 Å². The summed E-state index contributed by atoms with van der Waals surface area (Å²) >= 11 is 1.34. The van der Waals surface area contributed by atoms with E-state index in [4.69, 9.17) is 4.74 Å². The van der Waals surface area contributed by atoms with Gasteiger partial charge in [0.05, 0.1) is 12.2 Å². The molecule has 7 heteroatoms. The number of carbonyl (C=O) groups is 2. The quantitative estimate of drug-likeness (QED) is 0.617. The molecule has 1 heterocycles. The number of fused-ring (bicyclic) bond motifs is 1. The number of aryl methyl sites for hydroxylation is 1. The van der Waals surface area contributed by atoms with Gasteiger partial charge in [-0.2, -0.15) is 0 Å². The standard InChI is InChI=1S/C19H19F2NO3S/c1-2-25-19(24)16-14-6-4-3-5-7-15(14)26-18(16)22-17(23)11-8-12(20)10-13(21)9-11/h8-10H,2-7H2,1H3,(H,22,23). The molecule has 0 radical (unpaired) electrons. The molecule has 0 saturated carbocycles. The summed E-state index contributed by atoms with van der Waals surface area (Å²) in [4.78, 5) is 26.0. The number of rotatable bonds is 4. The highest BCUT2D eigenvalue weighted by molar-refractivity contribution is 7.17. The lowest BCUT2D eigenvalue weighted by molar-refractivity contribution is 0.0527. The van der Waals surface area contributed by atoms with E-state index >= 15 is 0 Å². The molecule has 1 N–H and O–H groups in total. The van der Waals surface area contributed by atoms with E-state index < -0.39 is 23.5 Å². The zero-order chi connectivity index (χ0) is 18.7. The number of ether oxygens (including phenoxy) is 1. The van der Waals surface area contributed by atoms with Crippen LogP contribution < -0.4 is 5.32 Å². The third kappa shape index (κ3) is 3.93. The number of thiophene rings is 1. The first kappa shape index (κ1) is 18.5. The first-order valence-electron chi connectivity index (χ1n) is 8.58. The first-order chi connectivity index (χ1) is 12.5. The van der Waals surface area contributed by atoms with Gasteiger partial charge in [-0.05, 0) is 50.3 Å². The Bertz CT molecular complexity index is 827. The molecule has 0 unspecified atom stereocenters. The maximum atomic E-state index is 13.4. The van der Waals surface area contributed by atoms with Crippen molar-refractivity contribution in [2.75, 3.05) is 11.9 Å². The highest BCUT2D eigenvalue weighted by Gasteiger charge is 2.27. The van der Waals surface area contributed by atoms with Crippen LogP contribution in [-0.4, -0.2) is 18.5 Å². The van der Waals surface area contributed by atoms with Gasteiger partial charge in [-0.15, -0.1) is 11.3 Å². The fourth-order valence-corrected chi connectivity index (χ4v) is 4.38. The summed E-state index contributed by atoms with van der Waals surface area (Å²) < 4.78 is 31.9. The van der Waals surface area contributed by atoms with Gasteiger partial charge in [0.15, 0.2) is 0 Å². The van der Waals surface area contributed by atoms with Crippen LogP contribution in [0.1, 0.15) is 57.3 Å². The van der Waals surface area contributed by atoms with Crippen molar-refractivity contribution in [3.63, 3.8) is 0 Å². The lowest BCUT2D eigenvalue weighted by Crippen LogP contribution is -2.15. The van der Waals surface area contributed by atoms with Crippen molar-refractivity contribution in [1.82, 2.24) is 0 Å². The fourth-order valence-electron chi connectivity index (χ4n) is 3.11. The van der Waals surface area contributed by atoms with E-state index in [1.54, 1.807) is 6.92 Å². The number of benzene rings is 1. The van der Waals surface area contributed by atoms with Gasteiger partial charge < -0.3 is 10.1 Å². The van der Waals surface area contributed by atoms with E-state index in [2.05, 4.69) is 5.32 Å². The van der Waals surface area contributed by atoms with Gasteiger partial charge >= 0.3 is 5.97 Å². The van der Waals surface area contributed by atoms with Gasteiger partial charge in [0.2, 0.25) is 0 Å². The van der Waals surface area contributed by atoms with Crippen molar-refractivity contribution in [2.24, 2.45) is 0 Å². The molecular weight excluding hydrogens is 360 g/mol. The lowest BCUT2D eigenvalue weighted by atomic mass is 10.1. The van der Waals surface area contributed by atoms with Crippen LogP contribution in [0, 0.1) is 11.6 Å². The van der Waals surface area contributed by atoms with E-state index in [-0.39, 0.29) is 12.2 Å². The molecule has 1 aromatic heterocycles. The molecular formula is C19H19F2NO3S. The number of nitrogens with one attached hydrogen (secondary N) is 1. The second-order valence-corrected chi connectivity index (χ2v) is 7.21. The van der Waals surface area contributed by atoms with Gasteiger partial charge in [-0.1, -0.05) is 6.42 Å². The van der Waals surface area contributed by atoms with E-state index in [1.165, 1.54) is 11.3 Å². The fraction of sp³-hybridized carbons (Fsp3) is 0.368. The van der Waals surface area contributed by atoms with Crippen LogP contribution in [0.25, 0.3) is 0 Å². The SMILES string of the molecule is CCOC(=O)c1c(NC(=O)c2cc(F)cc(F)c2)sc2c1CCCCC2. The summed E-state index contributed by atoms with van der Waals surface area (Å²) in [7, 11) is 0. The minimum Gasteiger partial charge on any atom is -0.462 e. The smallest absolute Gasteiger partial charge is 0.341 e. The highest BCUT2D eigenvalue weighted by atomic mass is 32.1. The Morgan fingerprint density at radius 2 is 1.81 bits per heavy atom. The largest absolute Gasteiger partial charge is 0.462 e. The maximum Gasteiger partial charge on any atom is 0.341 e. The number of hydrogen-bond acceptors (Lipinski definition) is 4. The predicted molar refractivity (Wildman–Crippen MR) is 95.8 cm³/mol. The molecule has 0 bridgehead atoms. The normalized spacial score (nSPS) is 13.7. The summed E-state index contributed by atoms with van der Waals surface area (Å²) in [5, 5.41) is 3.02. The Morgan fingerprint density at radius 1 is 1.12 bits per heavy atom. The van der Waals surface area contributed by atoms with E-state index in [0.717, 1.165) is 54.7 Å². The molecule has 0 fully saturated rings. The van der Waals surface area contributed by atoms with Crippen LogP contribution in [0.15, 0.2) is 18.2 Å². The van der Waals surface area contributed by atoms with Gasteiger partial charge in [-0.25, -0.2) is 13.6 Å². The molecule has 4 nitrogen and oxygen atoms in total. The van der Waals surface area contributed by atoms with Gasteiger partial charge in [0, 0.05) is 16.5 Å². The number of anilines is 1. The monoisotopic (exact) mass is 379 g/mol. The Balaban J connectivity index is 1.95. The Morgan fingerprint density at radius 3 is 2.50 bits per heavy atom. The maximum absolute atomic E-state index is 13.4. The number of carbonyl (C=O) groups excluding carboxylic acids is 2. The van der Waals surface area contributed by atoms with Crippen molar-refractivity contribution >= 4 is 28.2 Å². The third-order valence-corrected chi connectivity index (χ3v) is 5.46. The summed E-state index contributed by atoms with van der Waals surface area (Å²) in [6.07, 6.45) is 4.69. The van der Waals surface area contributed by atoms with Crippen molar-refractivity contribution in [3.05, 3.63) is 51.4 Å². The number of esters is 1. The minimum absolute atomic E-state index is 0.138. The molecule has 1 aliphatic carbocycles. The second kappa shape index (κ2) is 7.95. The van der Waals surface area contributed by atoms with Crippen LogP contribution in [-0.2, 0) is 17.6 Å². The molecule has 2 aromatic rings. The van der Waals surface area contributed by atoms with Crippen molar-refractivity contribution < 1.29 is 23.1 Å². The predicted octanol–water partition coefficient (Wildman–Crippen LogP) is 4.72. The van der Waals surface area contributed by atoms with Crippen molar-refractivity contribution in [3.8, 4) is 0 Å². The second-order valence-electron chi connectivity index (χ2n) is 6.10. The zero-order valence-corrected chi connectivity index (χ0v) is 15.2. The molecule has 1 amide bonds. The zero-order valence-electron chi connectivity index (χ0n) is 14.4. The average molecular weight is 379 g/mol. The molecule has 0 atom stereocenters. The number of halogens is 2. The molecule has 26 heavy (non-hydrogen) atoms.